The number of aromatic hydroxyl groups is 1. The Hall–Kier alpha value is -1.85. The number of halogens is 2. The Bertz CT molecular complexity index is 947. The van der Waals surface area contributed by atoms with Crippen LogP contribution < -0.4 is 5.32 Å². The third-order valence-electron chi connectivity index (χ3n) is 4.02. The molecule has 27 heavy (non-hydrogen) atoms. The van der Waals surface area contributed by atoms with Crippen molar-refractivity contribution in [3.8, 4) is 5.75 Å². The van der Waals surface area contributed by atoms with Gasteiger partial charge in [0, 0.05) is 31.9 Å². The number of phenols is 1. The van der Waals surface area contributed by atoms with Crippen molar-refractivity contribution in [2.24, 2.45) is 0 Å². The number of hydrogen-bond acceptors (Lipinski definition) is 4. The van der Waals surface area contributed by atoms with E-state index in [2.05, 4.69) is 5.32 Å². The Morgan fingerprint density at radius 1 is 1.00 bits per heavy atom. The highest BCUT2D eigenvalue weighted by Crippen LogP contribution is 2.36. The molecule has 1 unspecified atom stereocenters. The zero-order valence-electron chi connectivity index (χ0n) is 14.6. The molecular formula is C21H19Cl2NO2S. The minimum atomic E-state index is -0.810. The molecular weight excluding hydrogens is 401 g/mol. The number of aliphatic hydroxyl groups excluding tert-OH is 1. The van der Waals surface area contributed by atoms with Crippen molar-refractivity contribution in [1.82, 2.24) is 0 Å². The van der Waals surface area contributed by atoms with E-state index in [1.807, 2.05) is 48.5 Å². The first kappa shape index (κ1) is 19.9. The molecule has 6 heteroatoms. The standard InChI is InChI=1S/C21H19Cl2NO2S/c1-13(25)18-10-16(23)11-19(21(18)26)24-12-14-5-2-3-8-20(14)27-17-7-4-6-15(22)9-17/h2-11,13,24-26H,12H2,1H3. The first-order valence-electron chi connectivity index (χ1n) is 8.39. The van der Waals surface area contributed by atoms with Crippen LogP contribution in [0.3, 0.4) is 0 Å². The third kappa shape index (κ3) is 5.11. The fourth-order valence-electron chi connectivity index (χ4n) is 2.67. The normalized spacial score (nSPS) is 12.0. The summed E-state index contributed by atoms with van der Waals surface area (Å²) in [6.07, 6.45) is -0.810. The van der Waals surface area contributed by atoms with Gasteiger partial charge in [-0.2, -0.15) is 0 Å². The Morgan fingerprint density at radius 3 is 2.52 bits per heavy atom. The lowest BCUT2D eigenvalue weighted by atomic mass is 10.1. The Balaban J connectivity index is 1.81. The molecule has 0 radical (unpaired) electrons. The lowest BCUT2D eigenvalue weighted by Gasteiger charge is -2.16. The second-order valence-corrected chi connectivity index (χ2v) is 8.08. The first-order valence-corrected chi connectivity index (χ1v) is 9.97. The molecule has 0 aliphatic heterocycles. The minimum Gasteiger partial charge on any atom is -0.505 e. The van der Waals surface area contributed by atoms with Crippen molar-refractivity contribution in [2.45, 2.75) is 29.4 Å². The summed E-state index contributed by atoms with van der Waals surface area (Å²) in [4.78, 5) is 2.14. The molecule has 0 spiro atoms. The fourth-order valence-corrected chi connectivity index (χ4v) is 4.16. The number of phenolic OH excluding ortho intramolecular Hbond substituents is 1. The van der Waals surface area contributed by atoms with E-state index in [-0.39, 0.29) is 5.75 Å². The van der Waals surface area contributed by atoms with Crippen LogP contribution >= 0.6 is 35.0 Å². The minimum absolute atomic E-state index is 0.00868. The van der Waals surface area contributed by atoms with Crippen LogP contribution in [0.4, 0.5) is 5.69 Å². The van der Waals surface area contributed by atoms with E-state index in [4.69, 9.17) is 23.2 Å². The average molecular weight is 420 g/mol. The van der Waals surface area contributed by atoms with Gasteiger partial charge in [0.05, 0.1) is 11.8 Å². The number of aliphatic hydroxyl groups is 1. The molecule has 3 nitrogen and oxygen atoms in total. The molecule has 3 N–H and O–H groups in total. The summed E-state index contributed by atoms with van der Waals surface area (Å²) in [6.45, 7) is 2.09. The maximum absolute atomic E-state index is 10.4. The molecule has 140 valence electrons. The Labute approximate surface area is 173 Å². The van der Waals surface area contributed by atoms with Crippen LogP contribution in [-0.2, 0) is 6.54 Å². The molecule has 3 aromatic carbocycles. The van der Waals surface area contributed by atoms with Crippen LogP contribution in [0.1, 0.15) is 24.2 Å². The van der Waals surface area contributed by atoms with Gasteiger partial charge >= 0.3 is 0 Å². The Morgan fingerprint density at radius 2 is 1.78 bits per heavy atom. The van der Waals surface area contributed by atoms with E-state index in [9.17, 15) is 10.2 Å². The fraction of sp³-hybridized carbons (Fsp3) is 0.143. The summed E-state index contributed by atoms with van der Waals surface area (Å²) in [6, 6.07) is 18.9. The van der Waals surface area contributed by atoms with Gasteiger partial charge in [-0.3, -0.25) is 0 Å². The average Bonchev–Trinajstić information content (AvgIpc) is 2.63. The zero-order valence-corrected chi connectivity index (χ0v) is 16.9. The van der Waals surface area contributed by atoms with Gasteiger partial charge in [0.1, 0.15) is 5.75 Å². The summed E-state index contributed by atoms with van der Waals surface area (Å²) >= 11 is 13.8. The van der Waals surface area contributed by atoms with Crippen LogP contribution in [0.15, 0.2) is 70.5 Å². The molecule has 0 amide bonds. The summed E-state index contributed by atoms with van der Waals surface area (Å²) < 4.78 is 0. The van der Waals surface area contributed by atoms with Crippen molar-refractivity contribution >= 4 is 40.7 Å². The van der Waals surface area contributed by atoms with Gasteiger partial charge in [0.2, 0.25) is 0 Å². The van der Waals surface area contributed by atoms with Crippen molar-refractivity contribution in [3.63, 3.8) is 0 Å². The molecule has 0 bridgehead atoms. The van der Waals surface area contributed by atoms with Gasteiger partial charge in [-0.25, -0.2) is 0 Å². The maximum Gasteiger partial charge on any atom is 0.144 e. The second-order valence-electron chi connectivity index (χ2n) is 6.09. The molecule has 1 atom stereocenters. The predicted molar refractivity (Wildman–Crippen MR) is 113 cm³/mol. The highest BCUT2D eigenvalue weighted by molar-refractivity contribution is 7.99. The molecule has 0 fully saturated rings. The van der Waals surface area contributed by atoms with Gasteiger partial charge < -0.3 is 15.5 Å². The van der Waals surface area contributed by atoms with Gasteiger partial charge in [-0.15, -0.1) is 0 Å². The topological polar surface area (TPSA) is 52.5 Å². The lowest BCUT2D eigenvalue weighted by molar-refractivity contribution is 0.195. The SMILES string of the molecule is CC(O)c1cc(Cl)cc(NCc2ccccc2Sc2cccc(Cl)c2)c1O. The summed E-state index contributed by atoms with van der Waals surface area (Å²) in [7, 11) is 0. The van der Waals surface area contributed by atoms with Crippen molar-refractivity contribution in [2.75, 3.05) is 5.32 Å². The quantitative estimate of drug-likeness (QED) is 0.398. The maximum atomic E-state index is 10.4. The summed E-state index contributed by atoms with van der Waals surface area (Å²) in [5, 5.41) is 24.6. The number of hydrogen-bond donors (Lipinski definition) is 3. The van der Waals surface area contributed by atoms with E-state index >= 15 is 0 Å². The number of benzene rings is 3. The molecule has 0 saturated heterocycles. The van der Waals surface area contributed by atoms with Crippen molar-refractivity contribution in [3.05, 3.63) is 81.8 Å². The first-order chi connectivity index (χ1) is 12.9. The number of nitrogens with one attached hydrogen (secondary N) is 1. The second kappa shape index (κ2) is 8.89. The molecule has 0 aliphatic carbocycles. The third-order valence-corrected chi connectivity index (χ3v) is 5.58. The van der Waals surface area contributed by atoms with E-state index in [1.54, 1.807) is 30.8 Å². The summed E-state index contributed by atoms with van der Waals surface area (Å²) in [5.74, 6) is 0.00868. The van der Waals surface area contributed by atoms with Crippen LogP contribution in [0, 0.1) is 0 Å². The smallest absolute Gasteiger partial charge is 0.144 e. The van der Waals surface area contributed by atoms with Crippen molar-refractivity contribution < 1.29 is 10.2 Å². The number of anilines is 1. The molecule has 0 saturated carbocycles. The van der Waals surface area contributed by atoms with Gasteiger partial charge in [0.25, 0.3) is 0 Å². The van der Waals surface area contributed by atoms with Crippen molar-refractivity contribution in [1.29, 1.82) is 0 Å². The highest BCUT2D eigenvalue weighted by Gasteiger charge is 2.14. The Kier molecular flexibility index (Phi) is 6.55. The monoisotopic (exact) mass is 419 g/mol. The van der Waals surface area contributed by atoms with Crippen LogP contribution in [0.5, 0.6) is 5.75 Å². The van der Waals surface area contributed by atoms with E-state index in [0.717, 1.165) is 15.4 Å². The van der Waals surface area contributed by atoms with Gasteiger partial charge in [-0.1, -0.05) is 59.2 Å². The van der Waals surface area contributed by atoms with E-state index in [1.165, 1.54) is 0 Å². The van der Waals surface area contributed by atoms with Crippen LogP contribution in [0.25, 0.3) is 0 Å². The lowest BCUT2D eigenvalue weighted by Crippen LogP contribution is -2.03. The van der Waals surface area contributed by atoms with E-state index in [0.29, 0.717) is 27.8 Å². The highest BCUT2D eigenvalue weighted by atomic mass is 35.5. The number of rotatable bonds is 6. The molecule has 0 heterocycles. The molecule has 0 aliphatic rings. The molecule has 0 aromatic heterocycles. The molecule has 3 aromatic rings. The molecule has 3 rings (SSSR count). The van der Waals surface area contributed by atoms with Gasteiger partial charge in [-0.05, 0) is 48.9 Å². The van der Waals surface area contributed by atoms with Gasteiger partial charge in [0.15, 0.2) is 0 Å². The largest absolute Gasteiger partial charge is 0.505 e. The predicted octanol–water partition coefficient (Wildman–Crippen LogP) is 6.52. The van der Waals surface area contributed by atoms with Crippen LogP contribution in [-0.4, -0.2) is 10.2 Å². The van der Waals surface area contributed by atoms with E-state index < -0.39 is 6.10 Å². The summed E-state index contributed by atoms with van der Waals surface area (Å²) in [5.41, 5.74) is 1.95. The van der Waals surface area contributed by atoms with Crippen LogP contribution in [0.2, 0.25) is 10.0 Å². The zero-order chi connectivity index (χ0) is 19.4.